The molecule has 7 nitrogen and oxygen atoms in total. The van der Waals surface area contributed by atoms with Gasteiger partial charge in [0, 0.05) is 18.0 Å². The molecule has 0 bridgehead atoms. The van der Waals surface area contributed by atoms with Gasteiger partial charge in [-0.15, -0.1) is 11.3 Å². The number of amides is 1. The quantitative estimate of drug-likeness (QED) is 0.708. The number of primary amides is 1. The molecule has 2 N–H and O–H groups in total. The van der Waals surface area contributed by atoms with Crippen LogP contribution in [0.15, 0.2) is 35.6 Å². The van der Waals surface area contributed by atoms with Crippen molar-refractivity contribution in [1.82, 2.24) is 9.97 Å². The maximum atomic E-state index is 11.8. The van der Waals surface area contributed by atoms with Gasteiger partial charge in [-0.3, -0.25) is 4.79 Å². The van der Waals surface area contributed by atoms with E-state index in [-0.39, 0.29) is 5.16 Å². The van der Waals surface area contributed by atoms with E-state index in [4.69, 9.17) is 10.5 Å². The molecule has 2 aromatic heterocycles. The number of nitrogens with zero attached hydrogens (tertiary/aromatic N) is 2. The van der Waals surface area contributed by atoms with Gasteiger partial charge < -0.3 is 10.5 Å². The van der Waals surface area contributed by atoms with Gasteiger partial charge in [-0.1, -0.05) is 12.1 Å². The average molecular weight is 363 g/mol. The predicted molar refractivity (Wildman–Crippen MR) is 91.0 cm³/mol. The van der Waals surface area contributed by atoms with Crippen LogP contribution in [0.4, 0.5) is 0 Å². The molecule has 0 fully saturated rings. The molecule has 9 heteroatoms. The van der Waals surface area contributed by atoms with Crippen LogP contribution in [-0.2, 0) is 9.84 Å². The van der Waals surface area contributed by atoms with Crippen LogP contribution in [0.25, 0.3) is 21.3 Å². The van der Waals surface area contributed by atoms with Crippen LogP contribution in [0.3, 0.4) is 0 Å². The van der Waals surface area contributed by atoms with Gasteiger partial charge >= 0.3 is 0 Å². The first-order valence-electron chi connectivity index (χ1n) is 6.75. The Kier molecular flexibility index (Phi) is 3.98. The van der Waals surface area contributed by atoms with Gasteiger partial charge in [-0.25, -0.2) is 18.4 Å². The van der Waals surface area contributed by atoms with Crippen molar-refractivity contribution < 1.29 is 17.9 Å². The zero-order valence-electron chi connectivity index (χ0n) is 12.8. The number of carbonyl (C=O) groups excluding carboxylic acids is 1. The van der Waals surface area contributed by atoms with Crippen molar-refractivity contribution in [2.45, 2.75) is 5.16 Å². The van der Waals surface area contributed by atoms with Crippen LogP contribution < -0.4 is 10.5 Å². The second-order valence-corrected chi connectivity index (χ2v) is 8.00. The fourth-order valence-corrected chi connectivity index (χ4v) is 3.74. The Labute approximate surface area is 142 Å². The minimum atomic E-state index is -3.57. The normalized spacial score (nSPS) is 11.6. The molecule has 0 spiro atoms. The zero-order chi connectivity index (χ0) is 17.5. The van der Waals surface area contributed by atoms with Crippen LogP contribution in [0.1, 0.15) is 9.67 Å². The third kappa shape index (κ3) is 2.83. The Hall–Kier alpha value is -2.52. The van der Waals surface area contributed by atoms with Crippen molar-refractivity contribution in [2.75, 3.05) is 13.4 Å². The summed E-state index contributed by atoms with van der Waals surface area (Å²) >= 11 is 1.13. The van der Waals surface area contributed by atoms with Gasteiger partial charge in [0.25, 0.3) is 5.91 Å². The van der Waals surface area contributed by atoms with E-state index in [1.165, 1.54) is 6.20 Å². The second-order valence-electron chi connectivity index (χ2n) is 5.04. The topological polar surface area (TPSA) is 112 Å². The second kappa shape index (κ2) is 5.84. The molecular formula is C15H13N3O4S2. The number of methoxy groups -OCH3 is 1. The molecule has 0 aliphatic carbocycles. The third-order valence-electron chi connectivity index (χ3n) is 3.34. The predicted octanol–water partition coefficient (Wildman–Crippen LogP) is 1.87. The number of fused-ring (bicyclic) bond motifs is 1. The molecule has 0 radical (unpaired) electrons. The van der Waals surface area contributed by atoms with E-state index in [9.17, 15) is 13.2 Å². The summed E-state index contributed by atoms with van der Waals surface area (Å²) < 4.78 is 29.1. The maximum absolute atomic E-state index is 11.8. The van der Waals surface area contributed by atoms with E-state index in [1.807, 2.05) is 0 Å². The number of sulfone groups is 1. The van der Waals surface area contributed by atoms with Crippen molar-refractivity contribution in [3.63, 3.8) is 0 Å². The molecule has 2 heterocycles. The Bertz CT molecular complexity index is 1040. The zero-order valence-corrected chi connectivity index (χ0v) is 14.4. The number of rotatable bonds is 4. The number of ether oxygens (including phenoxy) is 1. The monoisotopic (exact) mass is 363 g/mol. The molecule has 0 saturated heterocycles. The smallest absolute Gasteiger partial charge is 0.259 e. The number of carbonyl (C=O) groups is 1. The molecule has 24 heavy (non-hydrogen) atoms. The summed E-state index contributed by atoms with van der Waals surface area (Å²) in [6, 6.07) is 6.99. The number of thiophene rings is 1. The van der Waals surface area contributed by atoms with Crippen molar-refractivity contribution in [2.24, 2.45) is 5.73 Å². The van der Waals surface area contributed by atoms with Crippen molar-refractivity contribution in [3.05, 3.63) is 35.3 Å². The Morgan fingerprint density at radius 1 is 1.25 bits per heavy atom. The van der Waals surface area contributed by atoms with E-state index in [1.54, 1.807) is 31.4 Å². The molecule has 3 rings (SSSR count). The van der Waals surface area contributed by atoms with Crippen molar-refractivity contribution in [1.29, 1.82) is 0 Å². The first-order chi connectivity index (χ1) is 11.3. The molecule has 0 aliphatic heterocycles. The summed E-state index contributed by atoms with van der Waals surface area (Å²) in [6.07, 6.45) is 2.42. The largest absolute Gasteiger partial charge is 0.497 e. The highest BCUT2D eigenvalue weighted by atomic mass is 32.2. The molecule has 0 aliphatic rings. The lowest BCUT2D eigenvalue weighted by molar-refractivity contribution is 0.100. The van der Waals surface area contributed by atoms with Crippen LogP contribution in [-0.4, -0.2) is 37.7 Å². The third-order valence-corrected chi connectivity index (χ3v) is 5.33. The first-order valence-corrected chi connectivity index (χ1v) is 9.46. The Morgan fingerprint density at radius 2 is 1.92 bits per heavy atom. The van der Waals surface area contributed by atoms with E-state index in [0.29, 0.717) is 32.0 Å². The van der Waals surface area contributed by atoms with E-state index in [0.717, 1.165) is 17.6 Å². The highest BCUT2D eigenvalue weighted by molar-refractivity contribution is 7.90. The highest BCUT2D eigenvalue weighted by Crippen LogP contribution is 2.38. The van der Waals surface area contributed by atoms with E-state index < -0.39 is 15.7 Å². The van der Waals surface area contributed by atoms with Crippen molar-refractivity contribution >= 4 is 37.3 Å². The fraction of sp³-hybridized carbons (Fsp3) is 0.133. The summed E-state index contributed by atoms with van der Waals surface area (Å²) in [5.74, 6) is 0.0510. The minimum Gasteiger partial charge on any atom is -0.497 e. The standard InChI is InChI=1S/C15H13N3O4S2/c1-22-9-5-3-8(4-6-9)11-12-10(23-13(11)14(16)19)7-17-15(18-12)24(2,20)21/h3-7H,1-2H3,(H2,16,19). The lowest BCUT2D eigenvalue weighted by atomic mass is 10.0. The molecule has 0 saturated carbocycles. The van der Waals surface area contributed by atoms with E-state index >= 15 is 0 Å². The van der Waals surface area contributed by atoms with Crippen LogP contribution in [0, 0.1) is 0 Å². The SMILES string of the molecule is COc1ccc(-c2c(C(N)=O)sc3cnc(S(C)(=O)=O)nc23)cc1. The van der Waals surface area contributed by atoms with Gasteiger partial charge in [0.1, 0.15) is 10.6 Å². The van der Waals surface area contributed by atoms with Crippen LogP contribution >= 0.6 is 11.3 Å². The number of aromatic nitrogens is 2. The Morgan fingerprint density at radius 3 is 2.46 bits per heavy atom. The molecular weight excluding hydrogens is 350 g/mol. The molecule has 1 amide bonds. The lowest BCUT2D eigenvalue weighted by Gasteiger charge is -2.05. The van der Waals surface area contributed by atoms with Gasteiger partial charge in [0.2, 0.25) is 15.0 Å². The lowest BCUT2D eigenvalue weighted by Crippen LogP contribution is -2.10. The number of benzene rings is 1. The number of hydrogen-bond acceptors (Lipinski definition) is 7. The summed E-state index contributed by atoms with van der Waals surface area (Å²) in [7, 11) is -2.02. The van der Waals surface area contributed by atoms with Gasteiger partial charge in [0.15, 0.2) is 0 Å². The molecule has 3 aromatic rings. The minimum absolute atomic E-state index is 0.293. The Balaban J connectivity index is 2.33. The van der Waals surface area contributed by atoms with E-state index in [2.05, 4.69) is 9.97 Å². The summed E-state index contributed by atoms with van der Waals surface area (Å²) in [5.41, 5.74) is 7.05. The van der Waals surface area contributed by atoms with Gasteiger partial charge in [-0.05, 0) is 17.7 Å². The molecule has 0 unspecified atom stereocenters. The number of nitrogens with two attached hydrogens (primary N) is 1. The van der Waals surface area contributed by atoms with Gasteiger partial charge in [-0.2, -0.15) is 0 Å². The number of hydrogen-bond donors (Lipinski definition) is 1. The van der Waals surface area contributed by atoms with Gasteiger partial charge in [0.05, 0.1) is 17.3 Å². The maximum Gasteiger partial charge on any atom is 0.259 e. The highest BCUT2D eigenvalue weighted by Gasteiger charge is 2.22. The van der Waals surface area contributed by atoms with Crippen LogP contribution in [0.5, 0.6) is 5.75 Å². The summed E-state index contributed by atoms with van der Waals surface area (Å²) in [4.78, 5) is 20.1. The molecule has 1 aromatic carbocycles. The fourth-order valence-electron chi connectivity index (χ4n) is 2.25. The molecule has 0 atom stereocenters. The molecule has 124 valence electrons. The summed E-state index contributed by atoms with van der Waals surface area (Å²) in [5, 5.41) is -0.293. The average Bonchev–Trinajstić information content (AvgIpc) is 2.93. The first kappa shape index (κ1) is 16.3. The van der Waals surface area contributed by atoms with Crippen molar-refractivity contribution in [3.8, 4) is 16.9 Å². The van der Waals surface area contributed by atoms with Crippen LogP contribution in [0.2, 0.25) is 0 Å². The summed E-state index contributed by atoms with van der Waals surface area (Å²) in [6.45, 7) is 0.